The number of hydrogen-bond donors (Lipinski definition) is 3. The molecule has 7 nitrogen and oxygen atoms in total. The van der Waals surface area contributed by atoms with Gasteiger partial charge in [-0.2, -0.15) is 4.98 Å². The second-order valence-electron chi connectivity index (χ2n) is 8.46. The van der Waals surface area contributed by atoms with Crippen molar-refractivity contribution in [1.82, 2.24) is 15.3 Å². The monoisotopic (exact) mass is 544 g/mol. The van der Waals surface area contributed by atoms with Gasteiger partial charge in [0.1, 0.15) is 5.82 Å². The Labute approximate surface area is 202 Å². The van der Waals surface area contributed by atoms with Crippen molar-refractivity contribution in [3.63, 3.8) is 0 Å². The molecule has 0 aliphatic heterocycles. The van der Waals surface area contributed by atoms with Crippen LogP contribution in [-0.4, -0.2) is 42.7 Å². The molecule has 1 aliphatic carbocycles. The van der Waals surface area contributed by atoms with E-state index in [0.29, 0.717) is 24.5 Å². The smallest absolute Gasteiger partial charge is 0.319 e. The van der Waals surface area contributed by atoms with E-state index in [1.807, 2.05) is 61.5 Å². The first-order chi connectivity index (χ1) is 15.5. The Balaban J connectivity index is 1.28. The maximum Gasteiger partial charge on any atom is 0.319 e. The number of amides is 2. The van der Waals surface area contributed by atoms with Crippen LogP contribution in [-0.2, 0) is 0 Å². The number of carbonyl (C=O) groups excluding carboxylic acids is 1. The number of nitrogens with one attached hydrogen (secondary N) is 3. The molecule has 0 spiro atoms. The lowest BCUT2D eigenvalue weighted by atomic mass is 9.86. The van der Waals surface area contributed by atoms with E-state index in [0.717, 1.165) is 51.7 Å². The molecule has 1 aliphatic rings. The molecule has 3 N–H and O–H groups in total. The van der Waals surface area contributed by atoms with E-state index in [1.54, 1.807) is 0 Å². The van der Waals surface area contributed by atoms with Crippen LogP contribution in [0.3, 0.4) is 0 Å². The average Bonchev–Trinajstić information content (AvgIpc) is 2.79. The van der Waals surface area contributed by atoms with Crippen LogP contribution < -0.4 is 20.9 Å². The van der Waals surface area contributed by atoms with Crippen molar-refractivity contribution in [2.45, 2.75) is 31.7 Å². The number of benzene rings is 2. The molecule has 2 amide bonds. The molecule has 8 heteroatoms. The van der Waals surface area contributed by atoms with Gasteiger partial charge in [-0.15, -0.1) is 0 Å². The number of para-hydroxylation sites is 2. The molecule has 1 aromatic heterocycles. The summed E-state index contributed by atoms with van der Waals surface area (Å²) in [5, 5.41) is 10.6. The topological polar surface area (TPSA) is 82.2 Å². The fourth-order valence-corrected chi connectivity index (χ4v) is 4.65. The highest BCUT2D eigenvalue weighted by molar-refractivity contribution is 14.1. The number of halogens is 1. The van der Waals surface area contributed by atoms with Crippen LogP contribution in [0.25, 0.3) is 10.9 Å². The number of carbonyl (C=O) groups is 1. The van der Waals surface area contributed by atoms with Crippen LogP contribution in [0, 0.1) is 9.49 Å². The largest absolute Gasteiger partial charge is 0.362 e. The molecule has 0 unspecified atom stereocenters. The van der Waals surface area contributed by atoms with Gasteiger partial charge in [-0.25, -0.2) is 9.78 Å². The SMILES string of the molecule is CN(C)c1nc(N[C@H]2CC[C@@H](CNC(=O)Nc3ccccc3I)CC2)nc2ccccc12. The van der Waals surface area contributed by atoms with Crippen molar-refractivity contribution in [2.75, 3.05) is 36.2 Å². The number of hydrogen-bond acceptors (Lipinski definition) is 5. The molecule has 0 atom stereocenters. The highest BCUT2D eigenvalue weighted by atomic mass is 127. The Morgan fingerprint density at radius 2 is 1.75 bits per heavy atom. The zero-order valence-corrected chi connectivity index (χ0v) is 20.6. The molecular formula is C24H29IN6O. The number of nitrogens with zero attached hydrogens (tertiary/aromatic N) is 3. The standard InChI is InChI=1S/C24H29IN6O/c1-31(2)22-18-7-3-5-9-20(18)28-23(30-22)27-17-13-11-16(12-14-17)15-26-24(32)29-21-10-6-4-8-19(21)25/h3-10,16-17H,11-15H2,1-2H3,(H2,26,29,32)(H,27,28,30)/t16-,17+. The third-order valence-corrected chi connectivity index (χ3v) is 6.80. The first-order valence-electron chi connectivity index (χ1n) is 11.0. The van der Waals surface area contributed by atoms with E-state index in [2.05, 4.69) is 44.6 Å². The third-order valence-electron chi connectivity index (χ3n) is 5.86. The summed E-state index contributed by atoms with van der Waals surface area (Å²) in [7, 11) is 4.01. The van der Waals surface area contributed by atoms with Crippen LogP contribution in [0.4, 0.5) is 22.2 Å². The van der Waals surface area contributed by atoms with Crippen LogP contribution in [0.5, 0.6) is 0 Å². The van der Waals surface area contributed by atoms with Gasteiger partial charge in [-0.05, 0) is 78.5 Å². The van der Waals surface area contributed by atoms with E-state index < -0.39 is 0 Å². The predicted molar refractivity (Wildman–Crippen MR) is 139 cm³/mol. The Morgan fingerprint density at radius 1 is 1.03 bits per heavy atom. The first-order valence-corrected chi connectivity index (χ1v) is 12.1. The Bertz CT molecular complexity index is 1080. The van der Waals surface area contributed by atoms with E-state index >= 15 is 0 Å². The van der Waals surface area contributed by atoms with Crippen LogP contribution in [0.1, 0.15) is 25.7 Å². The predicted octanol–water partition coefficient (Wildman–Crippen LogP) is 5.09. The maximum absolute atomic E-state index is 12.2. The summed E-state index contributed by atoms with van der Waals surface area (Å²) in [4.78, 5) is 23.8. The zero-order valence-electron chi connectivity index (χ0n) is 18.4. The minimum absolute atomic E-state index is 0.143. The summed E-state index contributed by atoms with van der Waals surface area (Å²) in [5.41, 5.74) is 1.79. The summed E-state index contributed by atoms with van der Waals surface area (Å²) >= 11 is 2.22. The summed E-state index contributed by atoms with van der Waals surface area (Å²) in [6, 6.07) is 16.1. The second-order valence-corrected chi connectivity index (χ2v) is 9.62. The van der Waals surface area contributed by atoms with Gasteiger partial charge in [0.25, 0.3) is 0 Å². The summed E-state index contributed by atoms with van der Waals surface area (Å²) < 4.78 is 1.03. The van der Waals surface area contributed by atoms with Gasteiger partial charge in [0.15, 0.2) is 0 Å². The van der Waals surface area contributed by atoms with Gasteiger partial charge in [-0.1, -0.05) is 24.3 Å². The molecule has 2 aromatic carbocycles. The maximum atomic E-state index is 12.2. The van der Waals surface area contributed by atoms with Crippen molar-refractivity contribution in [2.24, 2.45) is 5.92 Å². The fourth-order valence-electron chi connectivity index (χ4n) is 4.12. The summed E-state index contributed by atoms with van der Waals surface area (Å²) in [6.07, 6.45) is 4.21. The molecule has 1 saturated carbocycles. The molecule has 0 bridgehead atoms. The molecular weight excluding hydrogens is 515 g/mol. The number of rotatable bonds is 6. The number of anilines is 3. The summed E-state index contributed by atoms with van der Waals surface area (Å²) in [5.74, 6) is 2.10. The molecule has 32 heavy (non-hydrogen) atoms. The van der Waals surface area contributed by atoms with Crippen molar-refractivity contribution >= 4 is 57.0 Å². The molecule has 0 radical (unpaired) electrons. The molecule has 1 heterocycles. The lowest BCUT2D eigenvalue weighted by Crippen LogP contribution is -2.36. The lowest BCUT2D eigenvalue weighted by molar-refractivity contribution is 0.246. The van der Waals surface area contributed by atoms with Gasteiger partial charge in [0, 0.05) is 35.6 Å². The number of aromatic nitrogens is 2. The molecule has 168 valence electrons. The third kappa shape index (κ3) is 5.59. The molecule has 3 aromatic rings. The summed E-state index contributed by atoms with van der Waals surface area (Å²) in [6.45, 7) is 0.694. The molecule has 4 rings (SSSR count). The van der Waals surface area contributed by atoms with Gasteiger partial charge in [-0.3, -0.25) is 0 Å². The highest BCUT2D eigenvalue weighted by Crippen LogP contribution is 2.28. The zero-order chi connectivity index (χ0) is 22.5. The van der Waals surface area contributed by atoms with Gasteiger partial charge in [0.05, 0.1) is 11.2 Å². The normalized spacial score (nSPS) is 18.2. The van der Waals surface area contributed by atoms with Crippen LogP contribution >= 0.6 is 22.6 Å². The van der Waals surface area contributed by atoms with Crippen LogP contribution in [0.2, 0.25) is 0 Å². The van der Waals surface area contributed by atoms with E-state index in [1.165, 1.54) is 0 Å². The fraction of sp³-hybridized carbons (Fsp3) is 0.375. The van der Waals surface area contributed by atoms with Crippen molar-refractivity contribution in [3.8, 4) is 0 Å². The Kier molecular flexibility index (Phi) is 7.29. The van der Waals surface area contributed by atoms with Gasteiger partial charge < -0.3 is 20.9 Å². The Morgan fingerprint density at radius 3 is 2.50 bits per heavy atom. The van der Waals surface area contributed by atoms with Crippen molar-refractivity contribution in [1.29, 1.82) is 0 Å². The molecule has 1 fully saturated rings. The highest BCUT2D eigenvalue weighted by Gasteiger charge is 2.23. The average molecular weight is 544 g/mol. The van der Waals surface area contributed by atoms with Crippen molar-refractivity contribution in [3.05, 3.63) is 52.1 Å². The first kappa shape index (κ1) is 22.6. The number of urea groups is 1. The van der Waals surface area contributed by atoms with E-state index in [-0.39, 0.29) is 6.03 Å². The lowest BCUT2D eigenvalue weighted by Gasteiger charge is -2.29. The van der Waals surface area contributed by atoms with E-state index in [4.69, 9.17) is 9.97 Å². The van der Waals surface area contributed by atoms with Gasteiger partial charge >= 0.3 is 6.03 Å². The van der Waals surface area contributed by atoms with Gasteiger partial charge in [0.2, 0.25) is 5.95 Å². The minimum Gasteiger partial charge on any atom is -0.362 e. The number of fused-ring (bicyclic) bond motifs is 1. The van der Waals surface area contributed by atoms with Crippen molar-refractivity contribution < 1.29 is 4.79 Å². The second kappa shape index (κ2) is 10.3. The Hall–Kier alpha value is -2.62. The minimum atomic E-state index is -0.143. The van der Waals surface area contributed by atoms with Crippen LogP contribution in [0.15, 0.2) is 48.5 Å². The quantitative estimate of drug-likeness (QED) is 0.377. The molecule has 0 saturated heterocycles. The van der Waals surface area contributed by atoms with E-state index in [9.17, 15) is 4.79 Å².